The van der Waals surface area contributed by atoms with E-state index in [4.69, 9.17) is 0 Å². The fraction of sp³-hybridized carbons (Fsp3) is 1.00. The van der Waals surface area contributed by atoms with Crippen molar-refractivity contribution >= 4 is 22.6 Å². The fourth-order valence-electron chi connectivity index (χ4n) is 6.44. The second-order valence-electron chi connectivity index (χ2n) is 13.6. The molecule has 0 aromatic rings. The molecule has 0 aliphatic rings. The highest BCUT2D eigenvalue weighted by Gasteiger charge is 2.07. The maximum absolute atomic E-state index is 2.66. The zero-order valence-corrected chi connectivity index (χ0v) is 30.6. The summed E-state index contributed by atoms with van der Waals surface area (Å²) < 4.78 is 1.38. The summed E-state index contributed by atoms with van der Waals surface area (Å²) in [5, 5.41) is 0. The Kier molecular flexibility index (Phi) is 38.4. The normalized spacial score (nSPS) is 12.4. The molecular formula is C39H79I. The Morgan fingerprint density at radius 2 is 0.450 bits per heavy atom. The van der Waals surface area contributed by atoms with Crippen LogP contribution in [0.2, 0.25) is 0 Å². The minimum Gasteiger partial charge on any atom is -0.0861 e. The smallest absolute Gasteiger partial charge is 0.00237 e. The lowest BCUT2D eigenvalue weighted by molar-refractivity contribution is 0.439. The van der Waals surface area contributed by atoms with Gasteiger partial charge in [0.15, 0.2) is 0 Å². The summed E-state index contributed by atoms with van der Waals surface area (Å²) in [6, 6.07) is 0. The summed E-state index contributed by atoms with van der Waals surface area (Å²) in [6.07, 6.45) is 51.8. The average molecular weight is 675 g/mol. The van der Waals surface area contributed by atoms with Crippen LogP contribution in [0.25, 0.3) is 0 Å². The standard InChI is InChI=1S/C39H79I/c1-3-5-7-9-11-13-15-17-19-21-23-25-27-29-31-33-35-37-39(38-40)36-34-32-30-28-26-24-22-20-18-16-14-12-10-8-6-4-2/h39H,3-38H2,1-2H3. The first-order chi connectivity index (χ1) is 19.8. The molecule has 1 atom stereocenters. The SMILES string of the molecule is CCCCCCCCCCCCCCCCCCCC(CI)CCCCCCCCCCCCCCCCCC. The van der Waals surface area contributed by atoms with E-state index in [-0.39, 0.29) is 0 Å². The van der Waals surface area contributed by atoms with E-state index >= 15 is 0 Å². The number of alkyl halides is 1. The van der Waals surface area contributed by atoms with Crippen LogP contribution in [0.15, 0.2) is 0 Å². The van der Waals surface area contributed by atoms with Gasteiger partial charge in [-0.2, -0.15) is 0 Å². The van der Waals surface area contributed by atoms with E-state index in [0.717, 1.165) is 5.92 Å². The Morgan fingerprint density at radius 3 is 0.625 bits per heavy atom. The van der Waals surface area contributed by atoms with Gasteiger partial charge in [0.25, 0.3) is 0 Å². The van der Waals surface area contributed by atoms with Crippen LogP contribution in [0.3, 0.4) is 0 Å². The Hall–Kier alpha value is 0.730. The molecular weight excluding hydrogens is 595 g/mol. The van der Waals surface area contributed by atoms with Crippen molar-refractivity contribution in [3.05, 3.63) is 0 Å². The van der Waals surface area contributed by atoms with Crippen LogP contribution < -0.4 is 0 Å². The van der Waals surface area contributed by atoms with Gasteiger partial charge in [-0.15, -0.1) is 0 Å². The summed E-state index contributed by atoms with van der Waals surface area (Å²) in [7, 11) is 0. The molecule has 0 aromatic heterocycles. The van der Waals surface area contributed by atoms with Crippen molar-refractivity contribution in [2.75, 3.05) is 4.43 Å². The summed E-state index contributed by atoms with van der Waals surface area (Å²) in [4.78, 5) is 0. The summed E-state index contributed by atoms with van der Waals surface area (Å²) in [6.45, 7) is 4.62. The van der Waals surface area contributed by atoms with E-state index < -0.39 is 0 Å². The van der Waals surface area contributed by atoms with E-state index in [1.165, 1.54) is 229 Å². The zero-order chi connectivity index (χ0) is 29.0. The van der Waals surface area contributed by atoms with Crippen LogP contribution >= 0.6 is 22.6 Å². The topological polar surface area (TPSA) is 0 Å². The molecule has 0 radical (unpaired) electrons. The highest BCUT2D eigenvalue weighted by molar-refractivity contribution is 14.1. The number of hydrogen-bond acceptors (Lipinski definition) is 0. The van der Waals surface area contributed by atoms with E-state index in [9.17, 15) is 0 Å². The van der Waals surface area contributed by atoms with Crippen LogP contribution in [0.4, 0.5) is 0 Å². The van der Waals surface area contributed by atoms with E-state index in [0.29, 0.717) is 0 Å². The van der Waals surface area contributed by atoms with Crippen LogP contribution in [-0.4, -0.2) is 4.43 Å². The van der Waals surface area contributed by atoms with Gasteiger partial charge in [0, 0.05) is 4.43 Å². The highest BCUT2D eigenvalue weighted by Crippen LogP contribution is 2.22. The van der Waals surface area contributed by atoms with E-state index in [1.54, 1.807) is 0 Å². The van der Waals surface area contributed by atoms with Crippen LogP contribution in [0.1, 0.15) is 239 Å². The Bertz CT molecular complexity index is 419. The lowest BCUT2D eigenvalue weighted by atomic mass is 9.95. The number of hydrogen-bond donors (Lipinski definition) is 0. The van der Waals surface area contributed by atoms with Gasteiger partial charge in [0.1, 0.15) is 0 Å². The molecule has 0 saturated heterocycles. The molecule has 0 aromatic carbocycles. The molecule has 0 nitrogen and oxygen atoms in total. The molecule has 242 valence electrons. The number of halogens is 1. The van der Waals surface area contributed by atoms with E-state index in [1.807, 2.05) is 0 Å². The predicted molar refractivity (Wildman–Crippen MR) is 195 cm³/mol. The molecule has 0 fully saturated rings. The molecule has 0 amide bonds. The van der Waals surface area contributed by atoms with Crippen LogP contribution in [0, 0.1) is 5.92 Å². The molecule has 0 aliphatic carbocycles. The first-order valence-corrected chi connectivity index (χ1v) is 20.9. The summed E-state index contributed by atoms with van der Waals surface area (Å²) in [5.41, 5.74) is 0. The summed E-state index contributed by atoms with van der Waals surface area (Å²) in [5.74, 6) is 1.00. The third-order valence-electron chi connectivity index (χ3n) is 9.40. The van der Waals surface area contributed by atoms with Gasteiger partial charge in [-0.1, -0.05) is 248 Å². The quantitative estimate of drug-likeness (QED) is 0.0352. The van der Waals surface area contributed by atoms with Crippen molar-refractivity contribution in [3.63, 3.8) is 0 Å². The molecule has 0 rings (SSSR count). The van der Waals surface area contributed by atoms with E-state index in [2.05, 4.69) is 36.4 Å². The van der Waals surface area contributed by atoms with Gasteiger partial charge in [-0.05, 0) is 18.8 Å². The summed E-state index contributed by atoms with van der Waals surface area (Å²) >= 11 is 2.66. The number of unbranched alkanes of at least 4 members (excludes halogenated alkanes) is 31. The second kappa shape index (κ2) is 37.8. The van der Waals surface area contributed by atoms with Gasteiger partial charge in [-0.3, -0.25) is 0 Å². The fourth-order valence-corrected chi connectivity index (χ4v) is 7.32. The van der Waals surface area contributed by atoms with Crippen molar-refractivity contribution in [2.45, 2.75) is 239 Å². The molecule has 40 heavy (non-hydrogen) atoms. The number of rotatable bonds is 36. The molecule has 1 heteroatoms. The largest absolute Gasteiger partial charge is 0.0861 e. The van der Waals surface area contributed by atoms with Gasteiger partial charge >= 0.3 is 0 Å². The predicted octanol–water partition coefficient (Wildman–Crippen LogP) is 15.7. The molecule has 0 spiro atoms. The average Bonchev–Trinajstić information content (AvgIpc) is 2.97. The molecule has 1 unspecified atom stereocenters. The zero-order valence-electron chi connectivity index (χ0n) is 28.4. The third-order valence-corrected chi connectivity index (χ3v) is 10.6. The van der Waals surface area contributed by atoms with Gasteiger partial charge in [0.2, 0.25) is 0 Å². The van der Waals surface area contributed by atoms with Gasteiger partial charge in [0.05, 0.1) is 0 Å². The first kappa shape index (κ1) is 40.7. The monoisotopic (exact) mass is 675 g/mol. The third kappa shape index (κ3) is 34.9. The lowest BCUT2D eigenvalue weighted by Gasteiger charge is -2.13. The maximum atomic E-state index is 2.66. The van der Waals surface area contributed by atoms with Crippen LogP contribution in [0.5, 0.6) is 0 Å². The maximum Gasteiger partial charge on any atom is 0.00237 e. The van der Waals surface area contributed by atoms with Gasteiger partial charge < -0.3 is 0 Å². The van der Waals surface area contributed by atoms with Gasteiger partial charge in [-0.25, -0.2) is 0 Å². The van der Waals surface area contributed by atoms with Crippen LogP contribution in [-0.2, 0) is 0 Å². The highest BCUT2D eigenvalue weighted by atomic mass is 127. The lowest BCUT2D eigenvalue weighted by Crippen LogP contribution is -2.02. The minimum atomic E-state index is 1.00. The molecule has 0 N–H and O–H groups in total. The molecule has 0 bridgehead atoms. The molecule has 0 aliphatic heterocycles. The van der Waals surface area contributed by atoms with Crippen molar-refractivity contribution in [1.29, 1.82) is 0 Å². The Labute approximate surface area is 270 Å². The Morgan fingerprint density at radius 1 is 0.275 bits per heavy atom. The second-order valence-corrected chi connectivity index (χ2v) is 14.4. The van der Waals surface area contributed by atoms with Crippen molar-refractivity contribution < 1.29 is 0 Å². The molecule has 0 heterocycles. The Balaban J connectivity index is 3.24. The van der Waals surface area contributed by atoms with Crippen molar-refractivity contribution in [1.82, 2.24) is 0 Å². The molecule has 0 saturated carbocycles. The minimum absolute atomic E-state index is 1.00. The first-order valence-electron chi connectivity index (χ1n) is 19.4. The van der Waals surface area contributed by atoms with Crippen molar-refractivity contribution in [2.24, 2.45) is 5.92 Å². The van der Waals surface area contributed by atoms with Crippen molar-refractivity contribution in [3.8, 4) is 0 Å².